The van der Waals surface area contributed by atoms with Crippen molar-refractivity contribution in [3.8, 4) is 0 Å². The molecule has 2 saturated carbocycles. The van der Waals surface area contributed by atoms with Crippen LogP contribution >= 0.6 is 0 Å². The lowest BCUT2D eigenvalue weighted by Crippen LogP contribution is -2.54. The van der Waals surface area contributed by atoms with E-state index in [-0.39, 0.29) is 11.1 Å². The molecule has 17 nitrogen and oxygen atoms in total. The predicted octanol–water partition coefficient (Wildman–Crippen LogP) is 5.75. The molecular weight excluding hydrogens is 803 g/mol. The third-order valence-corrected chi connectivity index (χ3v) is 14.9. The molecule has 330 valence electrons. The average Bonchev–Trinajstić information content (AvgIpc) is 3.87. The maximum Gasteiger partial charge on any atom is 0.230 e. The van der Waals surface area contributed by atoms with Crippen molar-refractivity contribution in [3.05, 3.63) is 66.3 Å². The van der Waals surface area contributed by atoms with Gasteiger partial charge in [0.1, 0.15) is 23.3 Å². The zero-order valence-corrected chi connectivity index (χ0v) is 36.8. The summed E-state index contributed by atoms with van der Waals surface area (Å²) in [7, 11) is 2.18. The lowest BCUT2D eigenvalue weighted by atomic mass is 9.80. The summed E-state index contributed by atoms with van der Waals surface area (Å²) in [6.07, 6.45) is 23.9. The zero-order chi connectivity index (χ0) is 42.7. The van der Waals surface area contributed by atoms with Gasteiger partial charge in [0.25, 0.3) is 0 Å². The normalized spacial score (nSPS) is 22.4. The van der Waals surface area contributed by atoms with Crippen LogP contribution in [0.5, 0.6) is 0 Å². The molecule has 2 spiro atoms. The fraction of sp³-hybridized carbons (Fsp3) is 0.511. The number of nitrogens with one attached hydrogen (secondary N) is 2. The number of hydrogen-bond donors (Lipinski definition) is 2. The molecule has 10 heterocycles. The van der Waals surface area contributed by atoms with E-state index in [1.54, 1.807) is 0 Å². The van der Waals surface area contributed by atoms with Gasteiger partial charge in [-0.15, -0.1) is 0 Å². The Kier molecular flexibility index (Phi) is 9.99. The molecule has 8 aliphatic rings. The van der Waals surface area contributed by atoms with E-state index >= 15 is 0 Å². The van der Waals surface area contributed by atoms with Gasteiger partial charge in [-0.1, -0.05) is 38.5 Å². The number of aliphatic imine (C=N–C) groups is 3. The van der Waals surface area contributed by atoms with Crippen molar-refractivity contribution >= 4 is 70.1 Å². The topological polar surface area (TPSA) is 158 Å². The Labute approximate surface area is 374 Å². The van der Waals surface area contributed by atoms with E-state index in [4.69, 9.17) is 39.9 Å². The number of rotatable bonds is 8. The smallest absolute Gasteiger partial charge is 0.230 e. The van der Waals surface area contributed by atoms with E-state index in [1.165, 1.54) is 38.5 Å². The van der Waals surface area contributed by atoms with Gasteiger partial charge in [-0.3, -0.25) is 14.8 Å². The summed E-state index contributed by atoms with van der Waals surface area (Å²) in [5.74, 6) is 6.21. The standard InChI is InChI=1S/C47H57N17/c1-59-18-22-61(23-19-59)34-9-11-39(48-27-34)56-44-51-29-36-37(54-45-53-32-47(16-6-3-7-17-47)64(45)42(36)58-44)30-60-20-24-62(25-21-60)35-10-12-38(49-28-35)55-43-50-26-33-8-13-40-52-31-46(14-4-2-5-15-46)63(40)41(33)57-43/h8-13,26-29H,2-7,14-25,30-32H2,1H3,(H,48,51,56,58)(H,49,50,55,57). The van der Waals surface area contributed by atoms with Crippen LogP contribution in [0, 0.1) is 0 Å². The molecule has 0 amide bonds. The van der Waals surface area contributed by atoms with Gasteiger partial charge in [0.05, 0.1) is 59.2 Å². The first-order valence-corrected chi connectivity index (χ1v) is 23.5. The predicted molar refractivity (Wildman–Crippen MR) is 254 cm³/mol. The molecule has 4 aromatic rings. The van der Waals surface area contributed by atoms with E-state index < -0.39 is 0 Å². The lowest BCUT2D eigenvalue weighted by molar-refractivity contribution is 0.291. The Balaban J connectivity index is 0.712. The van der Waals surface area contributed by atoms with Crippen molar-refractivity contribution in [1.29, 1.82) is 0 Å². The van der Waals surface area contributed by atoms with Crippen molar-refractivity contribution < 1.29 is 0 Å². The number of guanidine groups is 1. The highest BCUT2D eigenvalue weighted by Gasteiger charge is 2.49. The number of aromatic nitrogens is 6. The van der Waals surface area contributed by atoms with E-state index in [1.807, 2.05) is 36.9 Å². The van der Waals surface area contributed by atoms with Crippen LogP contribution in [-0.4, -0.2) is 147 Å². The fourth-order valence-electron chi connectivity index (χ4n) is 11.2. The molecule has 0 atom stereocenters. The number of anilines is 8. The van der Waals surface area contributed by atoms with Crippen LogP contribution in [0.3, 0.4) is 0 Å². The number of fused-ring (bicyclic) bond motifs is 8. The Hall–Kier alpha value is -6.07. The highest BCUT2D eigenvalue weighted by molar-refractivity contribution is 6.20. The first kappa shape index (κ1) is 39.5. The van der Waals surface area contributed by atoms with E-state index in [9.17, 15) is 0 Å². The Morgan fingerprint density at radius 2 is 1.17 bits per heavy atom. The van der Waals surface area contributed by atoms with Crippen LogP contribution in [0.4, 0.5) is 46.5 Å². The lowest BCUT2D eigenvalue weighted by Gasteiger charge is -2.43. The van der Waals surface area contributed by atoms with Crippen molar-refractivity contribution in [2.75, 3.05) is 109 Å². The first-order valence-electron chi connectivity index (χ1n) is 23.5. The summed E-state index contributed by atoms with van der Waals surface area (Å²) in [6, 6.07) is 8.34. The van der Waals surface area contributed by atoms with Gasteiger partial charge in [0.2, 0.25) is 17.9 Å². The second-order valence-corrected chi connectivity index (χ2v) is 18.9. The Morgan fingerprint density at radius 1 is 0.578 bits per heavy atom. The molecule has 0 radical (unpaired) electrons. The van der Waals surface area contributed by atoms with Crippen molar-refractivity contribution in [2.45, 2.75) is 75.3 Å². The van der Waals surface area contributed by atoms with Gasteiger partial charge < -0.3 is 30.2 Å². The molecule has 0 bridgehead atoms. The molecule has 17 heteroatoms. The minimum absolute atomic E-state index is 0.0359. The summed E-state index contributed by atoms with van der Waals surface area (Å²) >= 11 is 0. The Morgan fingerprint density at radius 3 is 1.81 bits per heavy atom. The summed E-state index contributed by atoms with van der Waals surface area (Å²) in [4.78, 5) is 59.0. The van der Waals surface area contributed by atoms with Crippen LogP contribution in [0.25, 0.3) is 6.08 Å². The third kappa shape index (κ3) is 7.22. The number of amidine groups is 1. The van der Waals surface area contributed by atoms with Gasteiger partial charge in [-0.2, -0.15) is 9.97 Å². The average molecular weight is 860 g/mol. The summed E-state index contributed by atoms with van der Waals surface area (Å²) in [5, 5.41) is 6.80. The fourth-order valence-corrected chi connectivity index (χ4v) is 11.2. The molecule has 64 heavy (non-hydrogen) atoms. The largest absolute Gasteiger partial charge is 0.368 e. The molecule has 0 unspecified atom stereocenters. The van der Waals surface area contributed by atoms with Crippen LogP contribution in [0.2, 0.25) is 0 Å². The van der Waals surface area contributed by atoms with E-state index in [0.29, 0.717) is 18.4 Å². The zero-order valence-electron chi connectivity index (χ0n) is 36.8. The summed E-state index contributed by atoms with van der Waals surface area (Å²) < 4.78 is 0. The number of hydrogen-bond acceptors (Lipinski definition) is 17. The van der Waals surface area contributed by atoms with E-state index in [2.05, 4.69) is 76.3 Å². The summed E-state index contributed by atoms with van der Waals surface area (Å²) in [5.41, 5.74) is 5.21. The van der Waals surface area contributed by atoms with Gasteiger partial charge in [-0.25, -0.2) is 29.9 Å². The van der Waals surface area contributed by atoms with Crippen LogP contribution in [0.15, 0.2) is 70.1 Å². The highest BCUT2D eigenvalue weighted by atomic mass is 15.4. The van der Waals surface area contributed by atoms with Gasteiger partial charge in [-0.05, 0) is 69.1 Å². The van der Waals surface area contributed by atoms with Crippen molar-refractivity contribution in [2.24, 2.45) is 15.0 Å². The van der Waals surface area contributed by atoms with Gasteiger partial charge >= 0.3 is 0 Å². The van der Waals surface area contributed by atoms with Crippen molar-refractivity contribution in [1.82, 2.24) is 39.7 Å². The van der Waals surface area contributed by atoms with Gasteiger partial charge in [0, 0.05) is 76.9 Å². The minimum atomic E-state index is -0.0771. The molecule has 4 fully saturated rings. The highest BCUT2D eigenvalue weighted by Crippen LogP contribution is 2.45. The maximum atomic E-state index is 5.26. The minimum Gasteiger partial charge on any atom is -0.368 e. The number of nitrogens with zero attached hydrogens (tertiary/aromatic N) is 15. The monoisotopic (exact) mass is 859 g/mol. The maximum absolute atomic E-state index is 5.26. The van der Waals surface area contributed by atoms with Crippen LogP contribution in [0.1, 0.15) is 75.3 Å². The molecule has 2 N–H and O–H groups in total. The number of piperazine rings is 2. The Bertz CT molecular complexity index is 2500. The summed E-state index contributed by atoms with van der Waals surface area (Å²) in [6.45, 7) is 9.99. The van der Waals surface area contributed by atoms with Crippen LogP contribution < -0.4 is 30.2 Å². The SMILES string of the molecule is CN1CCN(c2ccc(Nc3ncc4c(n3)N3C(=NCC35CCCCC5)N=C4CN3CCN(c4ccc(Nc5ncc6c(n5)N5C(=NCC57CCCCC7)C=C6)nc4)CC3)nc2)CC1. The molecule has 6 aliphatic heterocycles. The molecule has 0 aromatic carbocycles. The third-order valence-electron chi connectivity index (χ3n) is 14.9. The second-order valence-electron chi connectivity index (χ2n) is 18.9. The van der Waals surface area contributed by atoms with Crippen molar-refractivity contribution in [3.63, 3.8) is 0 Å². The molecular formula is C47H57N17. The van der Waals surface area contributed by atoms with E-state index in [0.717, 1.165) is 154 Å². The second kappa shape index (κ2) is 16.2. The van der Waals surface area contributed by atoms with Gasteiger partial charge in [0.15, 0.2) is 5.82 Å². The number of pyridine rings is 2. The molecule has 4 aromatic heterocycles. The molecule has 2 saturated heterocycles. The molecule has 12 rings (SSSR count). The quantitative estimate of drug-likeness (QED) is 0.221. The molecule has 2 aliphatic carbocycles. The number of likely N-dealkylation sites (N-methyl/N-ethyl adjacent to an activating group) is 1. The first-order chi connectivity index (χ1) is 31.5. The van der Waals surface area contributed by atoms with Crippen LogP contribution in [-0.2, 0) is 0 Å².